The van der Waals surface area contributed by atoms with Crippen LogP contribution >= 0.6 is 0 Å². The lowest BCUT2D eigenvalue weighted by Crippen LogP contribution is -2.41. The molecule has 0 bridgehead atoms. The Morgan fingerprint density at radius 2 is 1.76 bits per heavy atom. The van der Waals surface area contributed by atoms with Gasteiger partial charge in [0.15, 0.2) is 0 Å². The van der Waals surface area contributed by atoms with Gasteiger partial charge in [-0.3, -0.25) is 10.1 Å². The van der Waals surface area contributed by atoms with E-state index in [1.807, 2.05) is 0 Å². The molecule has 0 aliphatic carbocycles. The second-order valence-electron chi connectivity index (χ2n) is 6.28. The number of ketones is 1. The Labute approximate surface area is 169 Å². The summed E-state index contributed by atoms with van der Waals surface area (Å²) in [5, 5.41) is 11.9. The van der Waals surface area contributed by atoms with Gasteiger partial charge in [0, 0.05) is 25.6 Å². The van der Waals surface area contributed by atoms with Crippen LogP contribution < -0.4 is 0 Å². The highest BCUT2D eigenvalue weighted by atomic mass is 16.8. The van der Waals surface area contributed by atoms with Crippen LogP contribution in [0.2, 0.25) is 0 Å². The van der Waals surface area contributed by atoms with Gasteiger partial charge in [-0.25, -0.2) is 9.59 Å². The van der Waals surface area contributed by atoms with Crippen molar-refractivity contribution >= 4 is 23.7 Å². The Morgan fingerprint density at radius 1 is 1.14 bits per heavy atom. The number of para-hydroxylation sites is 1. The molecule has 1 aromatic carbocycles. The van der Waals surface area contributed by atoms with Gasteiger partial charge in [-0.05, 0) is 40.2 Å². The van der Waals surface area contributed by atoms with Gasteiger partial charge in [-0.15, -0.1) is 5.06 Å². The summed E-state index contributed by atoms with van der Waals surface area (Å²) in [4.78, 5) is 53.1. The Balaban J connectivity index is 2.93. The first-order chi connectivity index (χ1) is 13.7. The van der Waals surface area contributed by atoms with Crippen LogP contribution in [0.15, 0.2) is 24.3 Å². The normalized spacial score (nSPS) is 11.3. The van der Waals surface area contributed by atoms with Gasteiger partial charge in [0.1, 0.15) is 11.9 Å². The van der Waals surface area contributed by atoms with Crippen molar-refractivity contribution in [2.45, 2.75) is 46.6 Å². The average molecular weight is 409 g/mol. The fraction of sp³-hybridized carbons (Fsp3) is 0.526. The maximum Gasteiger partial charge on any atom is 0.443 e. The third-order valence-corrected chi connectivity index (χ3v) is 4.15. The van der Waals surface area contributed by atoms with Crippen LogP contribution in [0.1, 0.15) is 52.2 Å². The number of ether oxygens (including phenoxy) is 1. The van der Waals surface area contributed by atoms with E-state index in [1.54, 1.807) is 19.9 Å². The molecular formula is C19H27N3O7. The number of amides is 2. The number of carbonyl (C=O) groups excluding carboxylic acids is 3. The van der Waals surface area contributed by atoms with E-state index < -0.39 is 23.2 Å². The standard InChI is InChI=1S/C19H27N3O7/c1-5-20(6-2)18(24)29-21(13-9-10-14(3)23)19(25)28-15(4)16-11-7-8-12-17(16)22(26)27/h7-8,11-12,15H,5-6,9-10,13H2,1-4H3. The van der Waals surface area contributed by atoms with E-state index in [4.69, 9.17) is 9.57 Å². The second-order valence-corrected chi connectivity index (χ2v) is 6.28. The Morgan fingerprint density at radius 3 is 2.31 bits per heavy atom. The highest BCUT2D eigenvalue weighted by molar-refractivity contribution is 5.75. The number of rotatable bonds is 9. The van der Waals surface area contributed by atoms with Gasteiger partial charge in [0.2, 0.25) is 0 Å². The summed E-state index contributed by atoms with van der Waals surface area (Å²) in [6.07, 6.45) is -2.18. The first-order valence-electron chi connectivity index (χ1n) is 9.38. The van der Waals surface area contributed by atoms with Crippen LogP contribution in [0.3, 0.4) is 0 Å². The largest absolute Gasteiger partial charge is 0.443 e. The van der Waals surface area contributed by atoms with Crippen LogP contribution in [0, 0.1) is 10.1 Å². The number of nitro benzene ring substituents is 1. The minimum absolute atomic E-state index is 0.0466. The van der Waals surface area contributed by atoms with Crippen molar-refractivity contribution in [2.75, 3.05) is 19.6 Å². The van der Waals surface area contributed by atoms with Gasteiger partial charge in [-0.1, -0.05) is 12.1 Å². The summed E-state index contributed by atoms with van der Waals surface area (Å²) in [6, 6.07) is 5.90. The van der Waals surface area contributed by atoms with Crippen LogP contribution in [0.4, 0.5) is 15.3 Å². The van der Waals surface area contributed by atoms with Crippen molar-refractivity contribution < 1.29 is 28.9 Å². The smallest absolute Gasteiger partial charge is 0.439 e. The molecule has 0 saturated heterocycles. The monoisotopic (exact) mass is 409 g/mol. The Hall–Kier alpha value is -3.17. The first-order valence-corrected chi connectivity index (χ1v) is 9.38. The van der Waals surface area contributed by atoms with Crippen molar-refractivity contribution in [2.24, 2.45) is 0 Å². The maximum atomic E-state index is 12.6. The molecule has 0 radical (unpaired) electrons. The van der Waals surface area contributed by atoms with E-state index in [1.165, 1.54) is 36.9 Å². The zero-order chi connectivity index (χ0) is 22.0. The molecule has 29 heavy (non-hydrogen) atoms. The summed E-state index contributed by atoms with van der Waals surface area (Å²) >= 11 is 0. The Bertz CT molecular complexity index is 734. The molecular weight excluding hydrogens is 382 g/mol. The third-order valence-electron chi connectivity index (χ3n) is 4.15. The summed E-state index contributed by atoms with van der Waals surface area (Å²) in [5.41, 5.74) is 0.0284. The second kappa shape index (κ2) is 11.6. The number of hydrogen-bond donors (Lipinski definition) is 0. The molecule has 0 aliphatic heterocycles. The Kier molecular flexibility index (Phi) is 9.57. The number of carbonyl (C=O) groups is 3. The van der Waals surface area contributed by atoms with Crippen molar-refractivity contribution in [3.05, 3.63) is 39.9 Å². The minimum atomic E-state index is -0.972. The highest BCUT2D eigenvalue weighted by Crippen LogP contribution is 2.27. The molecule has 1 aromatic rings. The van der Waals surface area contributed by atoms with Crippen LogP contribution in [-0.2, 0) is 14.4 Å². The van der Waals surface area contributed by atoms with E-state index in [0.29, 0.717) is 13.1 Å². The first kappa shape index (κ1) is 23.9. The van der Waals surface area contributed by atoms with Crippen LogP contribution in [-0.4, -0.2) is 52.5 Å². The highest BCUT2D eigenvalue weighted by Gasteiger charge is 2.27. The predicted molar refractivity (Wildman–Crippen MR) is 104 cm³/mol. The zero-order valence-corrected chi connectivity index (χ0v) is 17.1. The summed E-state index contributed by atoms with van der Waals surface area (Å²) in [7, 11) is 0. The van der Waals surface area contributed by atoms with Crippen molar-refractivity contribution in [3.8, 4) is 0 Å². The molecule has 2 amide bonds. The number of benzene rings is 1. The molecule has 0 aliphatic rings. The molecule has 0 saturated carbocycles. The number of Topliss-reactive ketones (excluding diaryl/α,β-unsaturated/α-hetero) is 1. The minimum Gasteiger partial charge on any atom is -0.439 e. The molecule has 1 rings (SSSR count). The SMILES string of the molecule is CCN(CC)C(=O)ON(CCCC(C)=O)C(=O)OC(C)c1ccccc1[N+](=O)[O-]. The summed E-state index contributed by atoms with van der Waals surface area (Å²) < 4.78 is 5.30. The van der Waals surface area contributed by atoms with E-state index in [0.717, 1.165) is 5.06 Å². The van der Waals surface area contributed by atoms with Crippen molar-refractivity contribution in [1.82, 2.24) is 9.96 Å². The number of nitrogens with zero attached hydrogens (tertiary/aromatic N) is 3. The van der Waals surface area contributed by atoms with E-state index in [9.17, 15) is 24.5 Å². The fourth-order valence-corrected chi connectivity index (χ4v) is 2.55. The number of nitro groups is 1. The molecule has 0 heterocycles. The molecule has 10 nitrogen and oxygen atoms in total. The molecule has 10 heteroatoms. The summed E-state index contributed by atoms with van der Waals surface area (Å²) in [6.45, 7) is 7.16. The fourth-order valence-electron chi connectivity index (χ4n) is 2.55. The van der Waals surface area contributed by atoms with E-state index >= 15 is 0 Å². The summed E-state index contributed by atoms with van der Waals surface area (Å²) in [5.74, 6) is -0.0679. The van der Waals surface area contributed by atoms with Gasteiger partial charge >= 0.3 is 12.2 Å². The van der Waals surface area contributed by atoms with E-state index in [2.05, 4.69) is 0 Å². The number of hydrogen-bond acceptors (Lipinski definition) is 7. The van der Waals surface area contributed by atoms with E-state index in [-0.39, 0.29) is 36.4 Å². The topological polar surface area (TPSA) is 119 Å². The van der Waals surface area contributed by atoms with Crippen molar-refractivity contribution in [3.63, 3.8) is 0 Å². The van der Waals surface area contributed by atoms with Gasteiger partial charge < -0.3 is 19.3 Å². The zero-order valence-electron chi connectivity index (χ0n) is 17.1. The predicted octanol–water partition coefficient (Wildman–Crippen LogP) is 3.86. The third kappa shape index (κ3) is 7.40. The molecule has 0 spiro atoms. The molecule has 1 atom stereocenters. The number of hydroxylamine groups is 2. The lowest BCUT2D eigenvalue weighted by Gasteiger charge is -2.26. The van der Waals surface area contributed by atoms with Gasteiger partial charge in [0.25, 0.3) is 5.69 Å². The molecule has 0 N–H and O–H groups in total. The lowest BCUT2D eigenvalue weighted by molar-refractivity contribution is -0.386. The van der Waals surface area contributed by atoms with Crippen molar-refractivity contribution in [1.29, 1.82) is 0 Å². The van der Waals surface area contributed by atoms with Gasteiger partial charge in [-0.2, -0.15) is 0 Å². The van der Waals surface area contributed by atoms with Crippen LogP contribution in [0.5, 0.6) is 0 Å². The lowest BCUT2D eigenvalue weighted by atomic mass is 10.1. The molecule has 0 aromatic heterocycles. The maximum absolute atomic E-state index is 12.6. The molecule has 0 fully saturated rings. The quantitative estimate of drug-likeness (QED) is 0.449. The molecule has 160 valence electrons. The van der Waals surface area contributed by atoms with Gasteiger partial charge in [0.05, 0.1) is 17.0 Å². The van der Waals surface area contributed by atoms with Crippen LogP contribution in [0.25, 0.3) is 0 Å². The molecule has 1 unspecified atom stereocenters. The average Bonchev–Trinajstić information content (AvgIpc) is 2.67.